The first-order valence-electron chi connectivity index (χ1n) is 7.30. The predicted molar refractivity (Wildman–Crippen MR) is 85.7 cm³/mol. The van der Waals surface area contributed by atoms with Gasteiger partial charge in [-0.1, -0.05) is 18.2 Å². The molecule has 2 N–H and O–H groups in total. The van der Waals surface area contributed by atoms with E-state index in [1.54, 1.807) is 4.31 Å². The molecule has 1 aliphatic rings. The van der Waals surface area contributed by atoms with Crippen molar-refractivity contribution in [2.45, 2.75) is 19.9 Å². The summed E-state index contributed by atoms with van der Waals surface area (Å²) in [5, 5.41) is 0. The van der Waals surface area contributed by atoms with Gasteiger partial charge in [0.05, 0.1) is 6.26 Å². The average molecular weight is 311 g/mol. The number of nitrogens with zero attached hydrogens (tertiary/aromatic N) is 2. The van der Waals surface area contributed by atoms with Gasteiger partial charge in [-0.3, -0.25) is 4.90 Å². The van der Waals surface area contributed by atoms with Crippen LogP contribution in [0.25, 0.3) is 0 Å². The summed E-state index contributed by atoms with van der Waals surface area (Å²) >= 11 is 0. The van der Waals surface area contributed by atoms with E-state index in [1.165, 1.54) is 22.9 Å². The number of hydrogen-bond donors (Lipinski definition) is 1. The highest BCUT2D eigenvalue weighted by molar-refractivity contribution is 7.88. The van der Waals surface area contributed by atoms with E-state index in [2.05, 4.69) is 36.9 Å². The van der Waals surface area contributed by atoms with Gasteiger partial charge in [-0.15, -0.1) is 0 Å². The molecule has 0 saturated carbocycles. The van der Waals surface area contributed by atoms with Crippen LogP contribution in [-0.4, -0.2) is 56.6 Å². The summed E-state index contributed by atoms with van der Waals surface area (Å²) in [5.74, 6) is 0. The van der Waals surface area contributed by atoms with Gasteiger partial charge in [0.1, 0.15) is 0 Å². The smallest absolute Gasteiger partial charge is 0.211 e. The van der Waals surface area contributed by atoms with Crippen molar-refractivity contribution in [1.29, 1.82) is 0 Å². The molecule has 1 saturated heterocycles. The van der Waals surface area contributed by atoms with Gasteiger partial charge in [-0.05, 0) is 30.5 Å². The minimum absolute atomic E-state index is 0.159. The molecule has 1 heterocycles. The quantitative estimate of drug-likeness (QED) is 0.896. The van der Waals surface area contributed by atoms with E-state index in [9.17, 15) is 8.42 Å². The SMILES string of the molecule is Cc1cccc(C(CN)N2CCN(S(C)(=O)=O)CC2)c1C. The summed E-state index contributed by atoms with van der Waals surface area (Å²) in [6.45, 7) is 7.31. The van der Waals surface area contributed by atoms with Crippen molar-refractivity contribution in [3.63, 3.8) is 0 Å². The number of piperazine rings is 1. The second-order valence-electron chi connectivity index (χ2n) is 5.74. The molecule has 1 aliphatic heterocycles. The van der Waals surface area contributed by atoms with Crippen LogP contribution >= 0.6 is 0 Å². The molecule has 0 aliphatic carbocycles. The molecule has 21 heavy (non-hydrogen) atoms. The Balaban J connectivity index is 2.15. The fourth-order valence-electron chi connectivity index (χ4n) is 2.95. The molecule has 1 aromatic carbocycles. The van der Waals surface area contributed by atoms with Crippen LogP contribution in [0, 0.1) is 13.8 Å². The Labute approximate surface area is 127 Å². The van der Waals surface area contributed by atoms with Crippen LogP contribution < -0.4 is 5.73 Å². The maximum atomic E-state index is 11.6. The number of benzene rings is 1. The van der Waals surface area contributed by atoms with Crippen molar-refractivity contribution >= 4 is 10.0 Å². The van der Waals surface area contributed by atoms with Gasteiger partial charge in [-0.25, -0.2) is 8.42 Å². The Morgan fingerprint density at radius 2 is 1.81 bits per heavy atom. The van der Waals surface area contributed by atoms with E-state index < -0.39 is 10.0 Å². The largest absolute Gasteiger partial charge is 0.329 e. The minimum Gasteiger partial charge on any atom is -0.329 e. The van der Waals surface area contributed by atoms with E-state index in [1.807, 2.05) is 0 Å². The number of sulfonamides is 1. The zero-order valence-corrected chi connectivity index (χ0v) is 13.9. The molecular weight excluding hydrogens is 286 g/mol. The molecule has 1 fully saturated rings. The Kier molecular flexibility index (Phi) is 5.03. The van der Waals surface area contributed by atoms with Crippen molar-refractivity contribution < 1.29 is 8.42 Å². The number of nitrogens with two attached hydrogens (primary N) is 1. The third-order valence-electron chi connectivity index (χ3n) is 4.41. The average Bonchev–Trinajstić information content (AvgIpc) is 2.44. The van der Waals surface area contributed by atoms with Crippen LogP contribution in [0.4, 0.5) is 0 Å². The highest BCUT2D eigenvalue weighted by Gasteiger charge is 2.28. The lowest BCUT2D eigenvalue weighted by molar-refractivity contribution is 0.140. The minimum atomic E-state index is -3.09. The molecule has 1 atom stereocenters. The topological polar surface area (TPSA) is 66.6 Å². The summed E-state index contributed by atoms with van der Waals surface area (Å²) in [7, 11) is -3.09. The zero-order valence-electron chi connectivity index (χ0n) is 13.0. The van der Waals surface area contributed by atoms with Crippen LogP contribution in [0.3, 0.4) is 0 Å². The molecule has 0 aromatic heterocycles. The second kappa shape index (κ2) is 6.44. The zero-order chi connectivity index (χ0) is 15.6. The molecule has 118 valence electrons. The molecule has 0 radical (unpaired) electrons. The van der Waals surface area contributed by atoms with Gasteiger partial charge in [0.25, 0.3) is 0 Å². The van der Waals surface area contributed by atoms with Gasteiger partial charge in [0.2, 0.25) is 10.0 Å². The highest BCUT2D eigenvalue weighted by Crippen LogP contribution is 2.26. The lowest BCUT2D eigenvalue weighted by Gasteiger charge is -2.38. The van der Waals surface area contributed by atoms with Gasteiger partial charge in [0, 0.05) is 38.8 Å². The lowest BCUT2D eigenvalue weighted by atomic mass is 9.96. The number of aryl methyl sites for hydroxylation is 1. The highest BCUT2D eigenvalue weighted by atomic mass is 32.2. The molecule has 0 spiro atoms. The fraction of sp³-hybridized carbons (Fsp3) is 0.600. The lowest BCUT2D eigenvalue weighted by Crippen LogP contribution is -2.50. The van der Waals surface area contributed by atoms with Crippen LogP contribution in [-0.2, 0) is 10.0 Å². The first-order chi connectivity index (χ1) is 9.84. The van der Waals surface area contributed by atoms with Crippen LogP contribution in [0.1, 0.15) is 22.7 Å². The third-order valence-corrected chi connectivity index (χ3v) is 5.71. The van der Waals surface area contributed by atoms with Crippen molar-refractivity contribution in [3.05, 3.63) is 34.9 Å². The fourth-order valence-corrected chi connectivity index (χ4v) is 3.78. The van der Waals surface area contributed by atoms with E-state index in [-0.39, 0.29) is 6.04 Å². The molecule has 2 rings (SSSR count). The Morgan fingerprint density at radius 1 is 1.19 bits per heavy atom. The Morgan fingerprint density at radius 3 is 2.33 bits per heavy atom. The summed E-state index contributed by atoms with van der Waals surface area (Å²) < 4.78 is 24.7. The standard InChI is InChI=1S/C15H25N3O2S/c1-12-5-4-6-14(13(12)2)15(11-16)17-7-9-18(10-8-17)21(3,19)20/h4-6,15H,7-11,16H2,1-3H3. The molecule has 0 amide bonds. The van der Waals surface area contributed by atoms with Crippen LogP contribution in [0.5, 0.6) is 0 Å². The van der Waals surface area contributed by atoms with E-state index in [0.29, 0.717) is 19.6 Å². The third kappa shape index (κ3) is 3.63. The first kappa shape index (κ1) is 16.4. The number of rotatable bonds is 4. The molecular formula is C15H25N3O2S. The van der Waals surface area contributed by atoms with E-state index >= 15 is 0 Å². The monoisotopic (exact) mass is 311 g/mol. The van der Waals surface area contributed by atoms with Gasteiger partial charge in [-0.2, -0.15) is 4.31 Å². The van der Waals surface area contributed by atoms with Gasteiger partial charge in [0.15, 0.2) is 0 Å². The predicted octanol–water partition coefficient (Wildman–Crippen LogP) is 0.880. The van der Waals surface area contributed by atoms with Gasteiger partial charge >= 0.3 is 0 Å². The molecule has 6 heteroatoms. The second-order valence-corrected chi connectivity index (χ2v) is 7.72. The summed E-state index contributed by atoms with van der Waals surface area (Å²) in [6, 6.07) is 6.45. The summed E-state index contributed by atoms with van der Waals surface area (Å²) in [5.41, 5.74) is 9.80. The molecule has 5 nitrogen and oxygen atoms in total. The number of hydrogen-bond acceptors (Lipinski definition) is 4. The molecule has 1 unspecified atom stereocenters. The van der Waals surface area contributed by atoms with Gasteiger partial charge < -0.3 is 5.73 Å². The van der Waals surface area contributed by atoms with Crippen molar-refractivity contribution in [2.75, 3.05) is 39.0 Å². The van der Waals surface area contributed by atoms with Crippen molar-refractivity contribution in [3.8, 4) is 0 Å². The molecule has 1 aromatic rings. The van der Waals surface area contributed by atoms with E-state index in [4.69, 9.17) is 5.73 Å². The van der Waals surface area contributed by atoms with Crippen molar-refractivity contribution in [1.82, 2.24) is 9.21 Å². The summed E-state index contributed by atoms with van der Waals surface area (Å²) in [4.78, 5) is 2.30. The van der Waals surface area contributed by atoms with Crippen molar-refractivity contribution in [2.24, 2.45) is 5.73 Å². The maximum absolute atomic E-state index is 11.6. The molecule has 0 bridgehead atoms. The summed E-state index contributed by atoms with van der Waals surface area (Å²) in [6.07, 6.45) is 1.27. The Hall–Kier alpha value is -0.950. The van der Waals surface area contributed by atoms with Crippen LogP contribution in [0.2, 0.25) is 0 Å². The Bertz CT molecular complexity index is 593. The first-order valence-corrected chi connectivity index (χ1v) is 9.14. The van der Waals surface area contributed by atoms with E-state index in [0.717, 1.165) is 13.1 Å². The maximum Gasteiger partial charge on any atom is 0.211 e. The van der Waals surface area contributed by atoms with Crippen LogP contribution in [0.15, 0.2) is 18.2 Å². The normalized spacial score (nSPS) is 19.6.